The molecule has 3 nitrogen and oxygen atoms in total. The average Bonchev–Trinajstić information content (AvgIpc) is 2.72. The van der Waals surface area contributed by atoms with E-state index < -0.39 is 0 Å². The monoisotopic (exact) mass is 349 g/mol. The summed E-state index contributed by atoms with van der Waals surface area (Å²) in [5.41, 5.74) is 4.77. The van der Waals surface area contributed by atoms with Crippen LogP contribution in [0.5, 0.6) is 0 Å². The van der Waals surface area contributed by atoms with Gasteiger partial charge in [0.2, 0.25) is 0 Å². The van der Waals surface area contributed by atoms with Crippen molar-refractivity contribution in [3.05, 3.63) is 45.7 Å². The third-order valence-electron chi connectivity index (χ3n) is 3.75. The normalized spacial score (nSPS) is 12.9. The van der Waals surface area contributed by atoms with Gasteiger partial charge < -0.3 is 5.32 Å². The van der Waals surface area contributed by atoms with Crippen LogP contribution >= 0.6 is 15.9 Å². The molecule has 0 amide bonds. The van der Waals surface area contributed by atoms with E-state index in [4.69, 9.17) is 5.10 Å². The van der Waals surface area contributed by atoms with E-state index in [0.717, 1.165) is 22.4 Å². The maximum Gasteiger partial charge on any atom is 0.0790 e. The number of nitrogens with one attached hydrogen (secondary N) is 1. The summed E-state index contributed by atoms with van der Waals surface area (Å²) in [6, 6.07) is 8.71. The molecule has 0 radical (unpaired) electrons. The molecule has 0 aliphatic rings. The molecule has 2 rings (SSSR count). The number of aryl methyl sites for hydroxylation is 1. The SMILES string of the molecule is Cc1nn(-c2ccccc2Br)c(C)c1C(C)CNC(C)C. The van der Waals surface area contributed by atoms with Crippen molar-refractivity contribution < 1.29 is 0 Å². The molecule has 1 aromatic heterocycles. The van der Waals surface area contributed by atoms with Crippen molar-refractivity contribution in [3.63, 3.8) is 0 Å². The van der Waals surface area contributed by atoms with Crippen molar-refractivity contribution >= 4 is 15.9 Å². The molecular formula is C17H24BrN3. The third-order valence-corrected chi connectivity index (χ3v) is 4.42. The number of halogens is 1. The van der Waals surface area contributed by atoms with Gasteiger partial charge in [0.25, 0.3) is 0 Å². The van der Waals surface area contributed by atoms with Crippen molar-refractivity contribution in [2.75, 3.05) is 6.54 Å². The first kappa shape index (κ1) is 16.2. The fourth-order valence-corrected chi connectivity index (χ4v) is 3.19. The van der Waals surface area contributed by atoms with Crippen LogP contribution in [0.1, 0.15) is 43.6 Å². The molecule has 0 saturated heterocycles. The Morgan fingerprint density at radius 2 is 1.86 bits per heavy atom. The second-order valence-electron chi connectivity index (χ2n) is 5.91. The standard InChI is InChI=1S/C17H24BrN3/c1-11(2)19-10-12(3)17-13(4)20-21(14(17)5)16-9-7-6-8-15(16)18/h6-9,11-12,19H,10H2,1-5H3. The maximum atomic E-state index is 4.75. The zero-order valence-electron chi connectivity index (χ0n) is 13.4. The first-order chi connectivity index (χ1) is 9.91. The van der Waals surface area contributed by atoms with Crippen LogP contribution in [0.25, 0.3) is 5.69 Å². The van der Waals surface area contributed by atoms with Crippen molar-refractivity contribution in [1.29, 1.82) is 0 Å². The van der Waals surface area contributed by atoms with Crippen LogP contribution in [-0.2, 0) is 0 Å². The summed E-state index contributed by atoms with van der Waals surface area (Å²) in [6.45, 7) is 11.8. The lowest BCUT2D eigenvalue weighted by Crippen LogP contribution is -2.27. The van der Waals surface area contributed by atoms with Gasteiger partial charge in [-0.15, -0.1) is 0 Å². The Labute approximate surface area is 135 Å². The molecule has 1 heterocycles. The van der Waals surface area contributed by atoms with E-state index >= 15 is 0 Å². The Kier molecular flexibility index (Phi) is 5.22. The van der Waals surface area contributed by atoms with Crippen LogP contribution in [-0.4, -0.2) is 22.4 Å². The second kappa shape index (κ2) is 6.75. The Morgan fingerprint density at radius 1 is 1.19 bits per heavy atom. The van der Waals surface area contributed by atoms with Crippen LogP contribution in [0.4, 0.5) is 0 Å². The van der Waals surface area contributed by atoms with Gasteiger partial charge in [-0.2, -0.15) is 5.10 Å². The smallest absolute Gasteiger partial charge is 0.0790 e. The Morgan fingerprint density at radius 3 is 2.48 bits per heavy atom. The van der Waals surface area contributed by atoms with E-state index in [9.17, 15) is 0 Å². The number of nitrogens with zero attached hydrogens (tertiary/aromatic N) is 2. The molecule has 0 fully saturated rings. The highest BCUT2D eigenvalue weighted by Gasteiger charge is 2.19. The van der Waals surface area contributed by atoms with Crippen molar-refractivity contribution in [3.8, 4) is 5.69 Å². The first-order valence-corrected chi connectivity index (χ1v) is 8.25. The van der Waals surface area contributed by atoms with Crippen LogP contribution in [0.2, 0.25) is 0 Å². The van der Waals surface area contributed by atoms with Gasteiger partial charge in [-0.3, -0.25) is 0 Å². The lowest BCUT2D eigenvalue weighted by molar-refractivity contribution is 0.546. The van der Waals surface area contributed by atoms with Crippen LogP contribution in [0.15, 0.2) is 28.7 Å². The fraction of sp³-hybridized carbons (Fsp3) is 0.471. The number of benzene rings is 1. The minimum Gasteiger partial charge on any atom is -0.314 e. The molecule has 0 spiro atoms. The summed E-state index contributed by atoms with van der Waals surface area (Å²) < 4.78 is 3.11. The van der Waals surface area contributed by atoms with Gasteiger partial charge >= 0.3 is 0 Å². The molecule has 2 aromatic rings. The second-order valence-corrected chi connectivity index (χ2v) is 6.77. The minimum atomic E-state index is 0.448. The molecule has 1 unspecified atom stereocenters. The quantitative estimate of drug-likeness (QED) is 0.869. The van der Waals surface area contributed by atoms with E-state index in [2.05, 4.69) is 68.0 Å². The predicted octanol–water partition coefficient (Wildman–Crippen LogP) is 4.35. The molecule has 1 N–H and O–H groups in total. The Hall–Kier alpha value is -1.13. The summed E-state index contributed by atoms with van der Waals surface area (Å²) >= 11 is 3.61. The van der Waals surface area contributed by atoms with Gasteiger partial charge in [0.15, 0.2) is 0 Å². The molecule has 0 aliphatic carbocycles. The highest BCUT2D eigenvalue weighted by molar-refractivity contribution is 9.10. The fourth-order valence-electron chi connectivity index (χ4n) is 2.74. The van der Waals surface area contributed by atoms with Gasteiger partial charge in [0.1, 0.15) is 0 Å². The van der Waals surface area contributed by atoms with Crippen LogP contribution in [0, 0.1) is 13.8 Å². The van der Waals surface area contributed by atoms with Gasteiger partial charge in [-0.05, 0) is 47.8 Å². The Balaban J connectivity index is 2.36. The highest BCUT2D eigenvalue weighted by Crippen LogP contribution is 2.28. The zero-order valence-corrected chi connectivity index (χ0v) is 15.0. The summed E-state index contributed by atoms with van der Waals surface area (Å²) in [5, 5.41) is 8.26. The summed E-state index contributed by atoms with van der Waals surface area (Å²) in [6.07, 6.45) is 0. The van der Waals surface area contributed by atoms with Crippen molar-refractivity contribution in [1.82, 2.24) is 15.1 Å². The molecule has 21 heavy (non-hydrogen) atoms. The molecule has 1 aromatic carbocycles. The van der Waals surface area contributed by atoms with Gasteiger partial charge in [-0.1, -0.05) is 32.9 Å². The molecule has 114 valence electrons. The first-order valence-electron chi connectivity index (χ1n) is 7.46. The predicted molar refractivity (Wildman–Crippen MR) is 92.3 cm³/mol. The van der Waals surface area contributed by atoms with E-state index in [0.29, 0.717) is 12.0 Å². The van der Waals surface area contributed by atoms with Crippen molar-refractivity contribution in [2.24, 2.45) is 0 Å². The zero-order chi connectivity index (χ0) is 15.6. The molecule has 0 aliphatic heterocycles. The Bertz CT molecular complexity index is 616. The lowest BCUT2D eigenvalue weighted by atomic mass is 9.99. The van der Waals surface area contributed by atoms with Crippen LogP contribution < -0.4 is 5.32 Å². The average molecular weight is 350 g/mol. The van der Waals surface area contributed by atoms with Gasteiger partial charge in [-0.25, -0.2) is 4.68 Å². The molecular weight excluding hydrogens is 326 g/mol. The summed E-state index contributed by atoms with van der Waals surface area (Å²) in [7, 11) is 0. The summed E-state index contributed by atoms with van der Waals surface area (Å²) in [5.74, 6) is 0.448. The van der Waals surface area contributed by atoms with Crippen LogP contribution in [0.3, 0.4) is 0 Å². The number of hydrogen-bond donors (Lipinski definition) is 1. The lowest BCUT2D eigenvalue weighted by Gasteiger charge is -2.16. The van der Waals surface area contributed by atoms with E-state index in [-0.39, 0.29) is 0 Å². The molecule has 1 atom stereocenters. The van der Waals surface area contributed by atoms with Gasteiger partial charge in [0, 0.05) is 28.3 Å². The maximum absolute atomic E-state index is 4.75. The third kappa shape index (κ3) is 3.55. The molecule has 0 bridgehead atoms. The number of aromatic nitrogens is 2. The number of hydrogen-bond acceptors (Lipinski definition) is 2. The van der Waals surface area contributed by atoms with Gasteiger partial charge in [0.05, 0.1) is 11.4 Å². The van der Waals surface area contributed by atoms with E-state index in [1.165, 1.54) is 11.3 Å². The number of rotatable bonds is 5. The highest BCUT2D eigenvalue weighted by atomic mass is 79.9. The molecule has 4 heteroatoms. The summed E-state index contributed by atoms with van der Waals surface area (Å²) in [4.78, 5) is 0. The minimum absolute atomic E-state index is 0.448. The van der Waals surface area contributed by atoms with Crippen molar-refractivity contribution in [2.45, 2.75) is 46.6 Å². The largest absolute Gasteiger partial charge is 0.314 e. The van der Waals surface area contributed by atoms with E-state index in [1.54, 1.807) is 0 Å². The topological polar surface area (TPSA) is 29.9 Å². The van der Waals surface area contributed by atoms with E-state index in [1.807, 2.05) is 16.8 Å². The number of para-hydroxylation sites is 1. The molecule has 0 saturated carbocycles.